The van der Waals surface area contributed by atoms with Gasteiger partial charge in [0.1, 0.15) is 0 Å². The summed E-state index contributed by atoms with van der Waals surface area (Å²) >= 11 is 0.468. The Morgan fingerprint density at radius 1 is 1.11 bits per heavy atom. The van der Waals surface area contributed by atoms with E-state index in [2.05, 4.69) is 15.5 Å². The molecule has 0 aliphatic carbocycles. The first-order chi connectivity index (χ1) is 8.99. The number of hydrogen-bond donors (Lipinski definition) is 2. The van der Waals surface area contributed by atoms with Crippen LogP contribution in [0, 0.1) is 0 Å². The van der Waals surface area contributed by atoms with E-state index in [0.29, 0.717) is 17.9 Å². The van der Waals surface area contributed by atoms with E-state index in [1.54, 1.807) is 24.3 Å². The molecular weight excluding hydrogens is 279 g/mol. The van der Waals surface area contributed by atoms with Gasteiger partial charge in [0.25, 0.3) is 0 Å². The summed E-state index contributed by atoms with van der Waals surface area (Å²) in [5.41, 5.74) is 1.65. The first kappa shape index (κ1) is 13.8. The van der Waals surface area contributed by atoms with Gasteiger partial charge in [-0.25, -0.2) is 0 Å². The normalized spacial score (nSPS) is 11.6. The average Bonchev–Trinajstić information content (AvgIpc) is 2.86. The van der Waals surface area contributed by atoms with Crippen LogP contribution >= 0.6 is 11.3 Å². The van der Waals surface area contributed by atoms with E-state index >= 15 is 0 Å². The largest absolute Gasteiger partial charge is 0.445 e. The number of halogens is 3. The molecule has 1 heterocycles. The molecule has 1 aromatic carbocycles. The van der Waals surface area contributed by atoms with Crippen molar-refractivity contribution in [2.24, 2.45) is 0 Å². The van der Waals surface area contributed by atoms with Crippen LogP contribution in [0.15, 0.2) is 24.3 Å². The van der Waals surface area contributed by atoms with E-state index in [1.807, 2.05) is 0 Å². The van der Waals surface area contributed by atoms with Gasteiger partial charge in [-0.05, 0) is 11.1 Å². The summed E-state index contributed by atoms with van der Waals surface area (Å²) in [6.45, 7) is 0.303. The number of alkyl halides is 3. The summed E-state index contributed by atoms with van der Waals surface area (Å²) in [4.78, 5) is 0. The summed E-state index contributed by atoms with van der Waals surface area (Å²) in [5, 5.41) is 17.3. The highest BCUT2D eigenvalue weighted by molar-refractivity contribution is 7.15. The van der Waals surface area contributed by atoms with Crippen LogP contribution in [0.1, 0.15) is 16.1 Å². The molecule has 1 aromatic heterocycles. The number of anilines is 1. The number of aliphatic hydroxyl groups excluding tert-OH is 1. The summed E-state index contributed by atoms with van der Waals surface area (Å²) < 4.78 is 36.9. The minimum Gasteiger partial charge on any atom is -0.392 e. The molecule has 0 amide bonds. The highest BCUT2D eigenvalue weighted by Gasteiger charge is 2.35. The van der Waals surface area contributed by atoms with Crippen LogP contribution < -0.4 is 5.32 Å². The number of rotatable bonds is 4. The number of aromatic nitrogens is 2. The lowest BCUT2D eigenvalue weighted by atomic mass is 10.1. The van der Waals surface area contributed by atoms with Crippen LogP contribution in [0.3, 0.4) is 0 Å². The molecule has 0 saturated carbocycles. The van der Waals surface area contributed by atoms with E-state index in [-0.39, 0.29) is 11.7 Å². The van der Waals surface area contributed by atoms with Gasteiger partial charge in [-0.1, -0.05) is 35.6 Å². The van der Waals surface area contributed by atoms with Crippen molar-refractivity contribution in [2.45, 2.75) is 19.3 Å². The third kappa shape index (κ3) is 3.65. The molecule has 0 radical (unpaired) electrons. The molecule has 102 valence electrons. The Bertz CT molecular complexity index is 539. The van der Waals surface area contributed by atoms with Crippen molar-refractivity contribution in [3.8, 4) is 0 Å². The Morgan fingerprint density at radius 3 is 2.26 bits per heavy atom. The molecule has 0 aliphatic rings. The van der Waals surface area contributed by atoms with Crippen LogP contribution in [0.4, 0.5) is 18.3 Å². The molecule has 0 saturated heterocycles. The second kappa shape index (κ2) is 5.54. The number of benzene rings is 1. The second-order valence-electron chi connectivity index (χ2n) is 3.74. The fraction of sp³-hybridized carbons (Fsp3) is 0.273. The first-order valence-corrected chi connectivity index (χ1v) is 6.14. The monoisotopic (exact) mass is 289 g/mol. The molecule has 0 aliphatic heterocycles. The Balaban J connectivity index is 1.96. The van der Waals surface area contributed by atoms with Gasteiger partial charge < -0.3 is 10.4 Å². The zero-order chi connectivity index (χ0) is 13.9. The van der Waals surface area contributed by atoms with E-state index in [0.717, 1.165) is 11.1 Å². The molecule has 0 bridgehead atoms. The maximum atomic E-state index is 12.3. The molecule has 2 N–H and O–H groups in total. The predicted octanol–water partition coefficient (Wildman–Crippen LogP) is 2.66. The van der Waals surface area contributed by atoms with E-state index in [4.69, 9.17) is 5.11 Å². The van der Waals surface area contributed by atoms with Crippen LogP contribution in [-0.4, -0.2) is 15.3 Å². The number of hydrogen-bond acceptors (Lipinski definition) is 5. The zero-order valence-electron chi connectivity index (χ0n) is 9.61. The molecule has 8 heteroatoms. The molecule has 2 aromatic rings. The fourth-order valence-corrected chi connectivity index (χ4v) is 1.96. The third-order valence-electron chi connectivity index (χ3n) is 2.32. The lowest BCUT2D eigenvalue weighted by Gasteiger charge is -2.03. The van der Waals surface area contributed by atoms with Crippen LogP contribution in [0.25, 0.3) is 0 Å². The highest BCUT2D eigenvalue weighted by Crippen LogP contribution is 2.33. The molecule has 0 spiro atoms. The summed E-state index contributed by atoms with van der Waals surface area (Å²) in [7, 11) is 0. The first-order valence-electron chi connectivity index (χ1n) is 5.32. The molecule has 0 unspecified atom stereocenters. The van der Waals surface area contributed by atoms with E-state index < -0.39 is 11.2 Å². The number of aliphatic hydroxyl groups is 1. The molecule has 0 atom stereocenters. The lowest BCUT2D eigenvalue weighted by molar-refractivity contribution is -0.138. The van der Waals surface area contributed by atoms with E-state index in [9.17, 15) is 13.2 Å². The molecular formula is C11H10F3N3OS. The van der Waals surface area contributed by atoms with Crippen LogP contribution in [0.2, 0.25) is 0 Å². The number of nitrogens with zero attached hydrogens (tertiary/aromatic N) is 2. The Morgan fingerprint density at radius 2 is 1.74 bits per heavy atom. The van der Waals surface area contributed by atoms with Crippen molar-refractivity contribution < 1.29 is 18.3 Å². The Labute approximate surface area is 110 Å². The third-order valence-corrected chi connectivity index (χ3v) is 3.24. The topological polar surface area (TPSA) is 58.0 Å². The lowest BCUT2D eigenvalue weighted by Crippen LogP contribution is -2.03. The van der Waals surface area contributed by atoms with Crippen molar-refractivity contribution in [1.29, 1.82) is 0 Å². The average molecular weight is 289 g/mol. The number of nitrogens with one attached hydrogen (secondary N) is 1. The quantitative estimate of drug-likeness (QED) is 0.908. The zero-order valence-corrected chi connectivity index (χ0v) is 10.4. The smallest absolute Gasteiger partial charge is 0.392 e. The van der Waals surface area contributed by atoms with Gasteiger partial charge in [0, 0.05) is 6.54 Å². The van der Waals surface area contributed by atoms with Crippen molar-refractivity contribution in [2.75, 3.05) is 5.32 Å². The molecule has 2 rings (SSSR count). The van der Waals surface area contributed by atoms with Gasteiger partial charge in [-0.15, -0.1) is 10.2 Å². The van der Waals surface area contributed by atoms with E-state index in [1.165, 1.54) is 0 Å². The Hall–Kier alpha value is -1.67. The van der Waals surface area contributed by atoms with Gasteiger partial charge in [0.2, 0.25) is 10.1 Å². The van der Waals surface area contributed by atoms with Crippen molar-refractivity contribution in [1.82, 2.24) is 10.2 Å². The maximum absolute atomic E-state index is 12.3. The predicted molar refractivity (Wildman–Crippen MR) is 64.6 cm³/mol. The molecule has 4 nitrogen and oxygen atoms in total. The van der Waals surface area contributed by atoms with Gasteiger partial charge in [0.15, 0.2) is 0 Å². The van der Waals surface area contributed by atoms with Crippen molar-refractivity contribution >= 4 is 16.5 Å². The standard InChI is InChI=1S/C11H10F3N3OS/c12-11(13,14)9-16-17-10(19-9)15-5-7-1-3-8(6-18)4-2-7/h1-4,18H,5-6H2,(H,15,17). The molecule has 19 heavy (non-hydrogen) atoms. The highest BCUT2D eigenvalue weighted by atomic mass is 32.1. The minimum atomic E-state index is -4.46. The van der Waals surface area contributed by atoms with Crippen molar-refractivity contribution in [3.63, 3.8) is 0 Å². The van der Waals surface area contributed by atoms with Gasteiger partial charge in [-0.2, -0.15) is 13.2 Å². The van der Waals surface area contributed by atoms with Gasteiger partial charge >= 0.3 is 6.18 Å². The van der Waals surface area contributed by atoms with Crippen molar-refractivity contribution in [3.05, 3.63) is 40.4 Å². The van der Waals surface area contributed by atoms with Crippen LogP contribution in [0.5, 0.6) is 0 Å². The van der Waals surface area contributed by atoms with Gasteiger partial charge in [-0.3, -0.25) is 0 Å². The molecule has 0 fully saturated rings. The summed E-state index contributed by atoms with van der Waals surface area (Å²) in [6, 6.07) is 7.06. The van der Waals surface area contributed by atoms with Gasteiger partial charge in [0.05, 0.1) is 6.61 Å². The van der Waals surface area contributed by atoms with Crippen LogP contribution in [-0.2, 0) is 19.3 Å². The minimum absolute atomic E-state index is 0.0426. The fourth-order valence-electron chi connectivity index (χ4n) is 1.35. The second-order valence-corrected chi connectivity index (χ2v) is 4.72. The SMILES string of the molecule is OCc1ccc(CNc2nnc(C(F)(F)F)s2)cc1. The Kier molecular flexibility index (Phi) is 4.01. The summed E-state index contributed by atoms with van der Waals surface area (Å²) in [5.74, 6) is 0. The summed E-state index contributed by atoms with van der Waals surface area (Å²) in [6.07, 6.45) is -4.46. The maximum Gasteiger partial charge on any atom is 0.445 e.